The molecule has 0 saturated heterocycles. The van der Waals surface area contributed by atoms with Crippen LogP contribution in [0.1, 0.15) is 48.6 Å². The first kappa shape index (κ1) is 12.2. The van der Waals surface area contributed by atoms with E-state index in [4.69, 9.17) is 0 Å². The van der Waals surface area contributed by atoms with Gasteiger partial charge in [0.2, 0.25) is 0 Å². The molecule has 0 unspecified atom stereocenters. The van der Waals surface area contributed by atoms with Crippen LogP contribution in [0.3, 0.4) is 0 Å². The van der Waals surface area contributed by atoms with Crippen molar-refractivity contribution >= 4 is 21.4 Å². The number of rotatable bonds is 4. The summed E-state index contributed by atoms with van der Waals surface area (Å²) in [5.74, 6) is 0.613. The van der Waals surface area contributed by atoms with Crippen molar-refractivity contribution in [2.45, 2.75) is 52.1 Å². The Hall–Kier alpha value is -0.860. The van der Waals surface area contributed by atoms with Gasteiger partial charge in [0.05, 0.1) is 0 Å². The third kappa shape index (κ3) is 2.32. The third-order valence-corrected chi connectivity index (χ3v) is 5.13. The lowest BCUT2D eigenvalue weighted by Gasteiger charge is -2.05. The van der Waals surface area contributed by atoms with Crippen LogP contribution in [-0.2, 0) is 6.54 Å². The number of hydrogen-bond acceptors (Lipinski definition) is 2. The van der Waals surface area contributed by atoms with Gasteiger partial charge < -0.3 is 5.32 Å². The molecule has 18 heavy (non-hydrogen) atoms. The van der Waals surface area contributed by atoms with E-state index < -0.39 is 0 Å². The SMILES string of the molecule is Cc1c(CNC2CC2)sc2ccc(C(C)C)cc12. The fourth-order valence-electron chi connectivity index (χ4n) is 2.34. The first-order valence-electron chi connectivity index (χ1n) is 6.90. The molecule has 1 fully saturated rings. The molecule has 1 aromatic carbocycles. The van der Waals surface area contributed by atoms with Gasteiger partial charge in [0.15, 0.2) is 0 Å². The Morgan fingerprint density at radius 3 is 2.78 bits per heavy atom. The van der Waals surface area contributed by atoms with Gasteiger partial charge in [0.1, 0.15) is 0 Å². The highest BCUT2D eigenvalue weighted by atomic mass is 32.1. The molecule has 0 bridgehead atoms. The molecule has 1 saturated carbocycles. The number of thiophene rings is 1. The van der Waals surface area contributed by atoms with E-state index in [2.05, 4.69) is 44.3 Å². The second kappa shape index (κ2) is 4.67. The Morgan fingerprint density at radius 1 is 1.33 bits per heavy atom. The van der Waals surface area contributed by atoms with Crippen molar-refractivity contribution in [3.63, 3.8) is 0 Å². The largest absolute Gasteiger partial charge is 0.309 e. The Morgan fingerprint density at radius 2 is 2.11 bits per heavy atom. The third-order valence-electron chi connectivity index (χ3n) is 3.85. The standard InChI is InChI=1S/C16H21NS/c1-10(2)12-4-7-15-14(8-12)11(3)16(18-15)9-17-13-5-6-13/h4,7-8,10,13,17H,5-6,9H2,1-3H3. The minimum atomic E-state index is 0.613. The molecule has 1 heterocycles. The average Bonchev–Trinajstić information content (AvgIpc) is 3.12. The number of hydrogen-bond donors (Lipinski definition) is 1. The molecule has 1 N–H and O–H groups in total. The molecule has 96 valence electrons. The lowest BCUT2D eigenvalue weighted by molar-refractivity contribution is 0.693. The van der Waals surface area contributed by atoms with Crippen molar-refractivity contribution in [2.24, 2.45) is 0 Å². The predicted molar refractivity (Wildman–Crippen MR) is 80.5 cm³/mol. The smallest absolute Gasteiger partial charge is 0.0349 e. The van der Waals surface area contributed by atoms with Crippen LogP contribution in [0.5, 0.6) is 0 Å². The van der Waals surface area contributed by atoms with Crippen molar-refractivity contribution in [1.82, 2.24) is 5.32 Å². The summed E-state index contributed by atoms with van der Waals surface area (Å²) in [5.41, 5.74) is 2.93. The number of nitrogens with one attached hydrogen (secondary N) is 1. The summed E-state index contributed by atoms with van der Waals surface area (Å²) in [6.07, 6.45) is 2.73. The Balaban J connectivity index is 1.93. The zero-order chi connectivity index (χ0) is 12.7. The van der Waals surface area contributed by atoms with E-state index >= 15 is 0 Å². The molecular weight excluding hydrogens is 238 g/mol. The minimum absolute atomic E-state index is 0.613. The summed E-state index contributed by atoms with van der Waals surface area (Å²) in [5, 5.41) is 5.08. The van der Waals surface area contributed by atoms with Crippen molar-refractivity contribution in [1.29, 1.82) is 0 Å². The number of fused-ring (bicyclic) bond motifs is 1. The van der Waals surface area contributed by atoms with E-state index in [1.807, 2.05) is 11.3 Å². The highest BCUT2D eigenvalue weighted by Crippen LogP contribution is 2.33. The summed E-state index contributed by atoms with van der Waals surface area (Å²) >= 11 is 1.95. The fourth-order valence-corrected chi connectivity index (χ4v) is 3.48. The van der Waals surface area contributed by atoms with Gasteiger partial charge in [-0.1, -0.05) is 19.9 Å². The molecule has 0 radical (unpaired) electrons. The zero-order valence-electron chi connectivity index (χ0n) is 11.4. The second-order valence-electron chi connectivity index (χ2n) is 5.72. The number of aryl methyl sites for hydroxylation is 1. The van der Waals surface area contributed by atoms with Gasteiger partial charge in [-0.25, -0.2) is 0 Å². The normalized spacial score (nSPS) is 15.8. The van der Waals surface area contributed by atoms with Gasteiger partial charge in [-0.2, -0.15) is 0 Å². The van der Waals surface area contributed by atoms with Gasteiger partial charge in [-0.05, 0) is 54.3 Å². The number of benzene rings is 1. The Bertz CT molecular complexity index is 564. The van der Waals surface area contributed by atoms with E-state index in [9.17, 15) is 0 Å². The van der Waals surface area contributed by atoms with Gasteiger partial charge >= 0.3 is 0 Å². The van der Waals surface area contributed by atoms with Crippen LogP contribution < -0.4 is 5.32 Å². The molecule has 2 heteroatoms. The van der Waals surface area contributed by atoms with Crippen molar-refractivity contribution < 1.29 is 0 Å². The van der Waals surface area contributed by atoms with Crippen LogP contribution in [0.2, 0.25) is 0 Å². The fraction of sp³-hybridized carbons (Fsp3) is 0.500. The van der Waals surface area contributed by atoms with E-state index in [0.29, 0.717) is 5.92 Å². The quantitative estimate of drug-likeness (QED) is 0.847. The maximum atomic E-state index is 3.62. The van der Waals surface area contributed by atoms with E-state index in [1.165, 1.54) is 38.9 Å². The molecule has 1 aromatic heterocycles. The molecule has 0 spiro atoms. The van der Waals surface area contributed by atoms with Crippen LogP contribution >= 0.6 is 11.3 Å². The van der Waals surface area contributed by atoms with Gasteiger partial charge in [0.25, 0.3) is 0 Å². The molecule has 1 aliphatic rings. The first-order chi connectivity index (χ1) is 8.65. The minimum Gasteiger partial charge on any atom is -0.309 e. The maximum Gasteiger partial charge on any atom is 0.0349 e. The van der Waals surface area contributed by atoms with Crippen LogP contribution in [0.15, 0.2) is 18.2 Å². The first-order valence-corrected chi connectivity index (χ1v) is 7.72. The van der Waals surface area contributed by atoms with E-state index in [0.717, 1.165) is 12.6 Å². The molecule has 3 rings (SSSR count). The van der Waals surface area contributed by atoms with E-state index in [-0.39, 0.29) is 0 Å². The molecule has 1 nitrogen and oxygen atoms in total. The molecule has 0 aliphatic heterocycles. The zero-order valence-corrected chi connectivity index (χ0v) is 12.2. The van der Waals surface area contributed by atoms with Crippen molar-refractivity contribution in [2.75, 3.05) is 0 Å². The van der Waals surface area contributed by atoms with E-state index in [1.54, 1.807) is 0 Å². The van der Waals surface area contributed by atoms with Crippen LogP contribution in [-0.4, -0.2) is 6.04 Å². The van der Waals surface area contributed by atoms with Gasteiger partial charge in [-0.15, -0.1) is 11.3 Å². The molecular formula is C16H21NS. The van der Waals surface area contributed by atoms with Crippen molar-refractivity contribution in [3.8, 4) is 0 Å². The highest BCUT2D eigenvalue weighted by Gasteiger charge is 2.21. The van der Waals surface area contributed by atoms with Crippen molar-refractivity contribution in [3.05, 3.63) is 34.2 Å². The summed E-state index contributed by atoms with van der Waals surface area (Å²) < 4.78 is 1.43. The van der Waals surface area contributed by atoms with Gasteiger partial charge in [0, 0.05) is 22.2 Å². The summed E-state index contributed by atoms with van der Waals surface area (Å²) in [6, 6.07) is 7.75. The predicted octanol–water partition coefficient (Wildman–Crippen LogP) is 4.59. The summed E-state index contributed by atoms with van der Waals surface area (Å²) in [4.78, 5) is 1.51. The highest BCUT2D eigenvalue weighted by molar-refractivity contribution is 7.19. The Kier molecular flexibility index (Phi) is 3.16. The summed E-state index contributed by atoms with van der Waals surface area (Å²) in [7, 11) is 0. The van der Waals surface area contributed by atoms with Crippen LogP contribution in [0.4, 0.5) is 0 Å². The topological polar surface area (TPSA) is 12.0 Å². The molecule has 0 amide bonds. The monoisotopic (exact) mass is 259 g/mol. The second-order valence-corrected chi connectivity index (χ2v) is 6.85. The molecule has 2 aromatic rings. The lowest BCUT2D eigenvalue weighted by atomic mass is 10.0. The Labute approximate surface area is 113 Å². The van der Waals surface area contributed by atoms with Crippen LogP contribution in [0.25, 0.3) is 10.1 Å². The average molecular weight is 259 g/mol. The lowest BCUT2D eigenvalue weighted by Crippen LogP contribution is -2.14. The molecule has 0 atom stereocenters. The van der Waals surface area contributed by atoms with Gasteiger partial charge in [-0.3, -0.25) is 0 Å². The van der Waals surface area contributed by atoms with Crippen LogP contribution in [0, 0.1) is 6.92 Å². The maximum absolute atomic E-state index is 3.62. The summed E-state index contributed by atoms with van der Waals surface area (Å²) in [6.45, 7) is 7.84. The molecule has 1 aliphatic carbocycles.